The van der Waals surface area contributed by atoms with Crippen molar-refractivity contribution in [2.24, 2.45) is 11.8 Å². The van der Waals surface area contributed by atoms with Gasteiger partial charge < -0.3 is 10.4 Å². The minimum Gasteiger partial charge on any atom is -0.481 e. The highest BCUT2D eigenvalue weighted by Crippen LogP contribution is 2.30. The molecule has 1 amide bonds. The smallest absolute Gasteiger partial charge is 0.303 e. The van der Waals surface area contributed by atoms with E-state index in [9.17, 15) is 19.7 Å². The van der Waals surface area contributed by atoms with E-state index in [2.05, 4.69) is 5.32 Å². The Morgan fingerprint density at radius 2 is 1.69 bits per heavy atom. The van der Waals surface area contributed by atoms with Crippen LogP contribution in [0.4, 0.5) is 0 Å². The van der Waals surface area contributed by atoms with Gasteiger partial charge in [-0.3, -0.25) is 19.7 Å². The third-order valence-corrected chi connectivity index (χ3v) is 6.03. The van der Waals surface area contributed by atoms with Gasteiger partial charge in [-0.2, -0.15) is 0 Å². The zero-order chi connectivity index (χ0) is 18.9. The van der Waals surface area contributed by atoms with Gasteiger partial charge in [0.2, 0.25) is 11.9 Å². The first-order valence-electron chi connectivity index (χ1n) is 10.1. The summed E-state index contributed by atoms with van der Waals surface area (Å²) in [7, 11) is 0. The van der Waals surface area contributed by atoms with Crippen LogP contribution in [-0.2, 0) is 9.59 Å². The van der Waals surface area contributed by atoms with Gasteiger partial charge in [0.1, 0.15) is 5.92 Å². The maximum absolute atomic E-state index is 12.5. The lowest BCUT2D eigenvalue weighted by Crippen LogP contribution is -2.47. The number of hydrogen-bond donors (Lipinski definition) is 2. The highest BCUT2D eigenvalue weighted by molar-refractivity contribution is 5.79. The summed E-state index contributed by atoms with van der Waals surface area (Å²) >= 11 is 0. The van der Waals surface area contributed by atoms with Crippen molar-refractivity contribution in [1.29, 1.82) is 0 Å². The van der Waals surface area contributed by atoms with Crippen molar-refractivity contribution in [3.8, 4) is 0 Å². The third-order valence-electron chi connectivity index (χ3n) is 6.03. The lowest BCUT2D eigenvalue weighted by atomic mass is 9.81. The van der Waals surface area contributed by atoms with E-state index in [0.29, 0.717) is 18.8 Å². The minimum absolute atomic E-state index is 0.122. The van der Waals surface area contributed by atoms with Crippen LogP contribution in [0.1, 0.15) is 83.5 Å². The molecule has 2 unspecified atom stereocenters. The Hall–Kier alpha value is -1.66. The number of nitro groups is 1. The SMILES string of the molecule is O=C(O)CCCCCC1CCC(NC(=O)C2CCCCC2[N+](=O)[O-])CC1. The molecule has 2 fully saturated rings. The lowest BCUT2D eigenvalue weighted by molar-refractivity contribution is -0.532. The molecule has 0 spiro atoms. The first-order chi connectivity index (χ1) is 12.5. The Kier molecular flexibility index (Phi) is 8.32. The standard InChI is InChI=1S/C19H32N2O5/c22-18(23)9-3-1-2-6-14-10-12-15(13-11-14)20-19(24)16-7-4-5-8-17(16)21(25)26/h14-17H,1-13H2,(H,20,24)(H,22,23). The summed E-state index contributed by atoms with van der Waals surface area (Å²) in [6.45, 7) is 0. The first kappa shape index (κ1) is 20.6. The van der Waals surface area contributed by atoms with Gasteiger partial charge in [-0.25, -0.2) is 0 Å². The molecule has 0 aliphatic heterocycles. The molecule has 2 saturated carbocycles. The van der Waals surface area contributed by atoms with Gasteiger partial charge >= 0.3 is 5.97 Å². The van der Waals surface area contributed by atoms with Gasteiger partial charge in [-0.1, -0.05) is 25.7 Å². The molecule has 0 saturated heterocycles. The molecular weight excluding hydrogens is 336 g/mol. The number of hydrogen-bond acceptors (Lipinski definition) is 4. The van der Waals surface area contributed by atoms with Gasteiger partial charge in [0.25, 0.3) is 0 Å². The molecule has 7 nitrogen and oxygen atoms in total. The molecule has 26 heavy (non-hydrogen) atoms. The van der Waals surface area contributed by atoms with Gasteiger partial charge in [-0.15, -0.1) is 0 Å². The molecule has 2 N–H and O–H groups in total. The summed E-state index contributed by atoms with van der Waals surface area (Å²) in [4.78, 5) is 33.9. The van der Waals surface area contributed by atoms with Crippen molar-refractivity contribution in [1.82, 2.24) is 5.32 Å². The molecule has 7 heteroatoms. The zero-order valence-corrected chi connectivity index (χ0v) is 15.5. The molecule has 2 aliphatic rings. The molecule has 0 heterocycles. The molecule has 0 aromatic rings. The van der Waals surface area contributed by atoms with E-state index in [4.69, 9.17) is 5.11 Å². The van der Waals surface area contributed by atoms with Crippen LogP contribution in [0.3, 0.4) is 0 Å². The van der Waals surface area contributed by atoms with Crippen LogP contribution in [0.15, 0.2) is 0 Å². The van der Waals surface area contributed by atoms with Gasteiger partial charge in [-0.05, 0) is 50.9 Å². The minimum atomic E-state index is -0.724. The molecule has 0 aromatic carbocycles. The van der Waals surface area contributed by atoms with E-state index in [1.807, 2.05) is 0 Å². The fourth-order valence-corrected chi connectivity index (χ4v) is 4.46. The maximum Gasteiger partial charge on any atom is 0.303 e. The Morgan fingerprint density at radius 3 is 2.35 bits per heavy atom. The Labute approximate surface area is 155 Å². The van der Waals surface area contributed by atoms with E-state index in [1.54, 1.807) is 0 Å². The predicted molar refractivity (Wildman–Crippen MR) is 97.3 cm³/mol. The monoisotopic (exact) mass is 368 g/mol. The van der Waals surface area contributed by atoms with Crippen LogP contribution in [0.5, 0.6) is 0 Å². The second-order valence-corrected chi connectivity index (χ2v) is 7.96. The van der Waals surface area contributed by atoms with Crippen LogP contribution in [0, 0.1) is 22.0 Å². The Balaban J connectivity index is 1.65. The quantitative estimate of drug-likeness (QED) is 0.367. The fourth-order valence-electron chi connectivity index (χ4n) is 4.46. The Morgan fingerprint density at radius 1 is 1.00 bits per heavy atom. The number of amides is 1. The van der Waals surface area contributed by atoms with Crippen molar-refractivity contribution in [3.05, 3.63) is 10.1 Å². The summed E-state index contributed by atoms with van der Waals surface area (Å²) in [5.41, 5.74) is 0. The molecule has 2 aliphatic carbocycles. The van der Waals surface area contributed by atoms with Gasteiger partial charge in [0, 0.05) is 23.8 Å². The third kappa shape index (κ3) is 6.57. The second kappa shape index (κ2) is 10.5. The first-order valence-corrected chi connectivity index (χ1v) is 10.1. The van der Waals surface area contributed by atoms with E-state index in [-0.39, 0.29) is 23.3 Å². The number of carboxylic acid groups (broad SMARTS) is 1. The van der Waals surface area contributed by atoms with Crippen LogP contribution in [0.2, 0.25) is 0 Å². The maximum atomic E-state index is 12.5. The van der Waals surface area contributed by atoms with E-state index < -0.39 is 17.9 Å². The molecule has 0 aromatic heterocycles. The molecule has 2 rings (SSSR count). The van der Waals surface area contributed by atoms with Crippen molar-refractivity contribution in [3.63, 3.8) is 0 Å². The average Bonchev–Trinajstić information content (AvgIpc) is 2.62. The average molecular weight is 368 g/mol. The zero-order valence-electron chi connectivity index (χ0n) is 15.5. The number of carbonyl (C=O) groups is 2. The van der Waals surface area contributed by atoms with Crippen molar-refractivity contribution in [2.45, 2.75) is 95.6 Å². The number of nitrogens with zero attached hydrogens (tertiary/aromatic N) is 1. The largest absolute Gasteiger partial charge is 0.481 e. The summed E-state index contributed by atoms with van der Waals surface area (Å²) in [5.74, 6) is -0.651. The number of rotatable bonds is 9. The number of nitrogens with one attached hydrogen (secondary N) is 1. The second-order valence-electron chi connectivity index (χ2n) is 7.96. The van der Waals surface area contributed by atoms with E-state index >= 15 is 0 Å². The van der Waals surface area contributed by atoms with Gasteiger partial charge in [0.15, 0.2) is 0 Å². The summed E-state index contributed by atoms with van der Waals surface area (Å²) in [6.07, 6.45) is 11.1. The van der Waals surface area contributed by atoms with Crippen molar-refractivity contribution >= 4 is 11.9 Å². The van der Waals surface area contributed by atoms with Crippen LogP contribution in [0.25, 0.3) is 0 Å². The molecule has 0 bridgehead atoms. The van der Waals surface area contributed by atoms with Gasteiger partial charge in [0.05, 0.1) is 0 Å². The van der Waals surface area contributed by atoms with Crippen molar-refractivity contribution in [2.75, 3.05) is 0 Å². The normalized spacial score (nSPS) is 29.1. The molecular formula is C19H32N2O5. The number of aliphatic carboxylic acids is 1. The highest BCUT2D eigenvalue weighted by Gasteiger charge is 2.39. The number of carboxylic acids is 1. The van der Waals surface area contributed by atoms with Crippen LogP contribution >= 0.6 is 0 Å². The summed E-state index contributed by atoms with van der Waals surface area (Å²) in [6, 6.07) is -0.564. The molecule has 148 valence electrons. The highest BCUT2D eigenvalue weighted by atomic mass is 16.6. The predicted octanol–water partition coefficient (Wildman–Crippen LogP) is 3.53. The number of unbranched alkanes of at least 4 members (excludes halogenated alkanes) is 2. The van der Waals surface area contributed by atoms with E-state index in [1.165, 1.54) is 0 Å². The van der Waals surface area contributed by atoms with Crippen molar-refractivity contribution < 1.29 is 19.6 Å². The summed E-state index contributed by atoms with van der Waals surface area (Å²) in [5, 5.41) is 22.9. The lowest BCUT2D eigenvalue weighted by Gasteiger charge is -2.31. The van der Waals surface area contributed by atoms with E-state index in [0.717, 1.165) is 64.2 Å². The molecule has 2 atom stereocenters. The molecule has 0 radical (unpaired) electrons. The van der Waals surface area contributed by atoms with Crippen LogP contribution < -0.4 is 5.32 Å². The Bertz CT molecular complexity index is 488. The van der Waals surface area contributed by atoms with Crippen LogP contribution in [-0.4, -0.2) is 34.0 Å². The number of carbonyl (C=O) groups excluding carboxylic acids is 1. The topological polar surface area (TPSA) is 110 Å². The summed E-state index contributed by atoms with van der Waals surface area (Å²) < 4.78 is 0. The fraction of sp³-hybridized carbons (Fsp3) is 0.895.